The maximum atomic E-state index is 11.0. The van der Waals surface area contributed by atoms with Gasteiger partial charge in [0.2, 0.25) is 5.91 Å². The molecule has 1 aromatic rings. The molecule has 1 saturated carbocycles. The predicted octanol–water partition coefficient (Wildman–Crippen LogP) is 1.94. The van der Waals surface area contributed by atoms with E-state index in [2.05, 4.69) is 10.3 Å². The van der Waals surface area contributed by atoms with Crippen molar-refractivity contribution in [3.63, 3.8) is 0 Å². The molecule has 0 aliphatic heterocycles. The molecule has 104 valence electrons. The Labute approximate surface area is 113 Å². The highest BCUT2D eigenvalue weighted by Crippen LogP contribution is 2.20. The summed E-state index contributed by atoms with van der Waals surface area (Å²) >= 11 is 0. The molecule has 1 heterocycles. The number of carbonyl (C=O) groups excluding carboxylic acids is 1. The first-order valence-corrected chi connectivity index (χ1v) is 6.87. The van der Waals surface area contributed by atoms with E-state index in [1.807, 2.05) is 0 Å². The number of hydrogen-bond acceptors (Lipinski definition) is 4. The van der Waals surface area contributed by atoms with Crippen molar-refractivity contribution >= 4 is 11.7 Å². The van der Waals surface area contributed by atoms with Gasteiger partial charge >= 0.3 is 0 Å². The molecule has 0 aromatic carbocycles. The van der Waals surface area contributed by atoms with Crippen molar-refractivity contribution in [2.45, 2.75) is 38.2 Å². The van der Waals surface area contributed by atoms with Crippen LogP contribution in [0.25, 0.3) is 0 Å². The van der Waals surface area contributed by atoms with Crippen molar-refractivity contribution in [1.29, 1.82) is 0 Å². The normalized spacial score (nSPS) is 15.6. The highest BCUT2D eigenvalue weighted by molar-refractivity contribution is 5.93. The third-order valence-electron chi connectivity index (χ3n) is 3.33. The lowest BCUT2D eigenvalue weighted by molar-refractivity contribution is 0.0583. The molecule has 0 spiro atoms. The molecule has 5 heteroatoms. The topological polar surface area (TPSA) is 77.2 Å². The van der Waals surface area contributed by atoms with E-state index in [1.54, 1.807) is 18.3 Å². The van der Waals surface area contributed by atoms with Crippen molar-refractivity contribution < 1.29 is 9.53 Å². The Kier molecular flexibility index (Phi) is 5.15. The first-order chi connectivity index (χ1) is 9.25. The molecule has 0 radical (unpaired) electrons. The first kappa shape index (κ1) is 13.8. The summed E-state index contributed by atoms with van der Waals surface area (Å²) in [6.07, 6.45) is 7.98. The van der Waals surface area contributed by atoms with E-state index in [9.17, 15) is 4.79 Å². The second-order valence-electron chi connectivity index (χ2n) is 4.85. The summed E-state index contributed by atoms with van der Waals surface area (Å²) in [5.41, 5.74) is 5.69. The first-order valence-electron chi connectivity index (χ1n) is 6.87. The zero-order valence-corrected chi connectivity index (χ0v) is 11.1. The Balaban J connectivity index is 1.64. The van der Waals surface area contributed by atoms with Crippen LogP contribution in [0.4, 0.5) is 5.82 Å². The number of carbonyl (C=O) groups is 1. The van der Waals surface area contributed by atoms with Gasteiger partial charge in [-0.1, -0.05) is 12.8 Å². The number of nitrogens with one attached hydrogen (secondary N) is 1. The average molecular weight is 263 g/mol. The molecule has 1 amide bonds. The Morgan fingerprint density at radius 2 is 2.26 bits per heavy atom. The van der Waals surface area contributed by atoms with Crippen LogP contribution in [0, 0.1) is 0 Å². The van der Waals surface area contributed by atoms with Crippen molar-refractivity contribution in [2.75, 3.05) is 18.5 Å². The molecule has 0 atom stereocenters. The fourth-order valence-electron chi connectivity index (χ4n) is 2.27. The fourth-order valence-corrected chi connectivity index (χ4v) is 2.27. The number of primary amides is 1. The summed E-state index contributed by atoms with van der Waals surface area (Å²) < 4.78 is 5.77. The second kappa shape index (κ2) is 7.09. The monoisotopic (exact) mass is 263 g/mol. The van der Waals surface area contributed by atoms with Gasteiger partial charge in [0.1, 0.15) is 5.82 Å². The van der Waals surface area contributed by atoms with Gasteiger partial charge in [-0.3, -0.25) is 4.79 Å². The number of nitrogens with zero attached hydrogens (tertiary/aromatic N) is 1. The van der Waals surface area contributed by atoms with Crippen LogP contribution in [0.3, 0.4) is 0 Å². The standard InChI is InChI=1S/C14H21N3O2/c15-14(18)11-6-8-17-13(10-11)16-7-3-9-19-12-4-1-2-5-12/h6,8,10,12H,1-5,7,9H2,(H2,15,18)(H,16,17). The van der Waals surface area contributed by atoms with Gasteiger partial charge in [-0.25, -0.2) is 4.98 Å². The summed E-state index contributed by atoms with van der Waals surface area (Å²) in [5.74, 6) is 0.243. The minimum atomic E-state index is -0.435. The van der Waals surface area contributed by atoms with Crippen LogP contribution in [0.1, 0.15) is 42.5 Å². The van der Waals surface area contributed by atoms with Crippen LogP contribution in [-0.2, 0) is 4.74 Å². The molecule has 1 aliphatic rings. The maximum Gasteiger partial charge on any atom is 0.248 e. The molecule has 0 saturated heterocycles. The van der Waals surface area contributed by atoms with Crippen LogP contribution < -0.4 is 11.1 Å². The lowest BCUT2D eigenvalue weighted by atomic mass is 10.2. The van der Waals surface area contributed by atoms with Crippen molar-refractivity contribution in [2.24, 2.45) is 5.73 Å². The molecule has 5 nitrogen and oxygen atoms in total. The van der Waals surface area contributed by atoms with Gasteiger partial charge in [0.05, 0.1) is 6.10 Å². The summed E-state index contributed by atoms with van der Waals surface area (Å²) in [6, 6.07) is 3.27. The number of nitrogens with two attached hydrogens (primary N) is 1. The molecule has 1 fully saturated rings. The third-order valence-corrected chi connectivity index (χ3v) is 3.33. The molecular formula is C14H21N3O2. The number of ether oxygens (including phenoxy) is 1. The van der Waals surface area contributed by atoms with Gasteiger partial charge in [0, 0.05) is 24.9 Å². The van der Waals surface area contributed by atoms with Crippen LogP contribution >= 0.6 is 0 Å². The Bertz CT molecular complexity index is 417. The van der Waals surface area contributed by atoms with E-state index >= 15 is 0 Å². The Hall–Kier alpha value is -1.62. The van der Waals surface area contributed by atoms with E-state index in [0.29, 0.717) is 17.5 Å². The van der Waals surface area contributed by atoms with Gasteiger partial charge in [0.25, 0.3) is 0 Å². The average Bonchev–Trinajstić information content (AvgIpc) is 2.92. The van der Waals surface area contributed by atoms with Gasteiger partial charge in [-0.2, -0.15) is 0 Å². The zero-order chi connectivity index (χ0) is 13.5. The molecule has 19 heavy (non-hydrogen) atoms. The number of pyridine rings is 1. The number of aromatic nitrogens is 1. The van der Waals surface area contributed by atoms with Gasteiger partial charge in [0.15, 0.2) is 0 Å². The van der Waals surface area contributed by atoms with E-state index in [0.717, 1.165) is 19.6 Å². The minimum absolute atomic E-state index is 0.435. The number of anilines is 1. The smallest absolute Gasteiger partial charge is 0.248 e. The largest absolute Gasteiger partial charge is 0.378 e. The van der Waals surface area contributed by atoms with Crippen LogP contribution in [0.2, 0.25) is 0 Å². The van der Waals surface area contributed by atoms with Crippen LogP contribution in [-0.4, -0.2) is 30.1 Å². The van der Waals surface area contributed by atoms with Gasteiger partial charge < -0.3 is 15.8 Å². The second-order valence-corrected chi connectivity index (χ2v) is 4.85. The van der Waals surface area contributed by atoms with Gasteiger partial charge in [-0.15, -0.1) is 0 Å². The SMILES string of the molecule is NC(=O)c1ccnc(NCCCOC2CCCC2)c1. The van der Waals surface area contributed by atoms with Crippen molar-refractivity contribution in [1.82, 2.24) is 4.98 Å². The Morgan fingerprint density at radius 3 is 3.00 bits per heavy atom. The lowest BCUT2D eigenvalue weighted by Gasteiger charge is -2.11. The molecular weight excluding hydrogens is 242 g/mol. The zero-order valence-electron chi connectivity index (χ0n) is 11.1. The number of amides is 1. The minimum Gasteiger partial charge on any atom is -0.378 e. The maximum absolute atomic E-state index is 11.0. The predicted molar refractivity (Wildman–Crippen MR) is 74.1 cm³/mol. The summed E-state index contributed by atoms with van der Waals surface area (Å²) in [6.45, 7) is 1.55. The van der Waals surface area contributed by atoms with Crippen LogP contribution in [0.5, 0.6) is 0 Å². The van der Waals surface area contributed by atoms with Crippen molar-refractivity contribution in [3.8, 4) is 0 Å². The van der Waals surface area contributed by atoms with E-state index < -0.39 is 5.91 Å². The summed E-state index contributed by atoms with van der Waals surface area (Å²) in [4.78, 5) is 15.2. The quantitative estimate of drug-likeness (QED) is 0.737. The molecule has 1 aromatic heterocycles. The number of hydrogen-bond donors (Lipinski definition) is 2. The highest BCUT2D eigenvalue weighted by Gasteiger charge is 2.14. The summed E-state index contributed by atoms with van der Waals surface area (Å²) in [7, 11) is 0. The molecule has 3 N–H and O–H groups in total. The summed E-state index contributed by atoms with van der Waals surface area (Å²) in [5, 5.41) is 3.17. The molecule has 0 bridgehead atoms. The molecule has 1 aliphatic carbocycles. The Morgan fingerprint density at radius 1 is 1.47 bits per heavy atom. The van der Waals surface area contributed by atoms with Crippen LogP contribution in [0.15, 0.2) is 18.3 Å². The fraction of sp³-hybridized carbons (Fsp3) is 0.571. The van der Waals surface area contributed by atoms with E-state index in [4.69, 9.17) is 10.5 Å². The highest BCUT2D eigenvalue weighted by atomic mass is 16.5. The van der Waals surface area contributed by atoms with E-state index in [-0.39, 0.29) is 0 Å². The van der Waals surface area contributed by atoms with Gasteiger partial charge in [-0.05, 0) is 31.4 Å². The molecule has 2 rings (SSSR count). The number of rotatable bonds is 7. The van der Waals surface area contributed by atoms with E-state index in [1.165, 1.54) is 25.7 Å². The lowest BCUT2D eigenvalue weighted by Crippen LogP contribution is -2.14. The molecule has 0 unspecified atom stereocenters. The third kappa shape index (κ3) is 4.52. The van der Waals surface area contributed by atoms with Crippen molar-refractivity contribution in [3.05, 3.63) is 23.9 Å².